The third kappa shape index (κ3) is 4.04. The lowest BCUT2D eigenvalue weighted by molar-refractivity contribution is -0.118. The number of fused-ring (bicyclic) bond motifs is 1. The molecule has 34 heavy (non-hydrogen) atoms. The van der Waals surface area contributed by atoms with Crippen molar-refractivity contribution >= 4 is 46.1 Å². The highest BCUT2D eigenvalue weighted by molar-refractivity contribution is 6.32. The van der Waals surface area contributed by atoms with Gasteiger partial charge in [0.25, 0.3) is 11.8 Å². The van der Waals surface area contributed by atoms with Gasteiger partial charge in [0.1, 0.15) is 17.9 Å². The molecule has 1 aliphatic rings. The van der Waals surface area contributed by atoms with Crippen molar-refractivity contribution in [1.29, 1.82) is 0 Å². The highest BCUT2D eigenvalue weighted by atomic mass is 19.1. The van der Waals surface area contributed by atoms with Crippen LogP contribution in [0.1, 0.15) is 5.56 Å². The molecular weight excluding hydrogens is 435 g/mol. The van der Waals surface area contributed by atoms with Crippen LogP contribution in [0.2, 0.25) is 0 Å². The molecule has 1 aromatic heterocycles. The van der Waals surface area contributed by atoms with E-state index in [0.717, 1.165) is 10.9 Å². The topological polar surface area (TPSA) is 83.4 Å². The minimum absolute atomic E-state index is 0.00373. The molecule has 2 N–H and O–H groups in total. The fourth-order valence-corrected chi connectivity index (χ4v) is 3.91. The molecular formula is C26H19FN4O3. The molecule has 4 aromatic rings. The van der Waals surface area contributed by atoms with Crippen LogP contribution in [0.3, 0.4) is 0 Å². The number of anilines is 2. The number of carbonyl (C=O) groups is 3. The Balaban J connectivity index is 1.45. The van der Waals surface area contributed by atoms with Gasteiger partial charge in [-0.3, -0.25) is 19.8 Å². The molecule has 0 atom stereocenters. The Morgan fingerprint density at radius 1 is 0.971 bits per heavy atom. The fraction of sp³-hybridized carbons (Fsp3) is 0.0385. The monoisotopic (exact) mass is 454 g/mol. The van der Waals surface area contributed by atoms with Gasteiger partial charge in [0.15, 0.2) is 0 Å². The van der Waals surface area contributed by atoms with E-state index in [2.05, 4.69) is 10.7 Å². The van der Waals surface area contributed by atoms with Crippen molar-refractivity contribution in [3.8, 4) is 0 Å². The number of nitrogens with zero attached hydrogens (tertiary/aromatic N) is 2. The Bertz CT molecular complexity index is 1460. The van der Waals surface area contributed by atoms with Gasteiger partial charge in [-0.1, -0.05) is 42.5 Å². The van der Waals surface area contributed by atoms with Crippen molar-refractivity contribution in [1.82, 2.24) is 9.99 Å². The predicted octanol–water partition coefficient (Wildman–Crippen LogP) is 3.88. The van der Waals surface area contributed by atoms with Crippen LogP contribution < -0.4 is 15.8 Å². The Morgan fingerprint density at radius 3 is 2.53 bits per heavy atom. The van der Waals surface area contributed by atoms with E-state index in [1.54, 1.807) is 41.1 Å². The fourth-order valence-electron chi connectivity index (χ4n) is 3.91. The summed E-state index contributed by atoms with van der Waals surface area (Å²) in [6.07, 6.45) is 3.25. The van der Waals surface area contributed by atoms with Crippen molar-refractivity contribution in [2.75, 3.05) is 10.3 Å². The quantitative estimate of drug-likeness (QED) is 0.355. The van der Waals surface area contributed by atoms with E-state index in [1.165, 1.54) is 29.3 Å². The lowest BCUT2D eigenvalue weighted by Crippen LogP contribution is -2.35. The summed E-state index contributed by atoms with van der Waals surface area (Å²) in [5.41, 5.74) is 4.88. The minimum Gasteiger partial charge on any atom is -0.337 e. The number of hydrazine groups is 1. The SMILES string of the molecule is O=C(Cn1cc(C=C2C(=O)NN(c3ccccc3)C2=O)c2ccccc21)Nc1cccc(F)c1. The molecule has 0 spiro atoms. The summed E-state index contributed by atoms with van der Waals surface area (Å²) in [5.74, 6) is -1.75. The summed E-state index contributed by atoms with van der Waals surface area (Å²) in [5, 5.41) is 4.67. The van der Waals surface area contributed by atoms with Gasteiger partial charge in [-0.15, -0.1) is 0 Å². The molecule has 2 heterocycles. The molecule has 1 saturated heterocycles. The van der Waals surface area contributed by atoms with Crippen LogP contribution in [0.4, 0.5) is 15.8 Å². The van der Waals surface area contributed by atoms with Gasteiger partial charge < -0.3 is 9.88 Å². The van der Waals surface area contributed by atoms with Crippen molar-refractivity contribution < 1.29 is 18.8 Å². The maximum absolute atomic E-state index is 13.4. The van der Waals surface area contributed by atoms with Gasteiger partial charge in [-0.2, -0.15) is 0 Å². The smallest absolute Gasteiger partial charge is 0.282 e. The normalized spacial score (nSPS) is 14.6. The number of rotatable bonds is 5. The first kappa shape index (κ1) is 21.1. The van der Waals surface area contributed by atoms with Crippen molar-refractivity contribution in [3.05, 3.63) is 102 Å². The summed E-state index contributed by atoms with van der Waals surface area (Å²) in [6, 6.07) is 21.9. The van der Waals surface area contributed by atoms with E-state index in [4.69, 9.17) is 0 Å². The molecule has 3 aromatic carbocycles. The maximum Gasteiger partial charge on any atom is 0.282 e. The first-order valence-corrected chi connectivity index (χ1v) is 10.5. The Labute approximate surface area is 194 Å². The Morgan fingerprint density at radius 2 is 1.74 bits per heavy atom. The molecule has 1 aliphatic heterocycles. The third-order valence-electron chi connectivity index (χ3n) is 5.45. The number of nitrogens with one attached hydrogen (secondary N) is 2. The van der Waals surface area contributed by atoms with E-state index in [0.29, 0.717) is 16.9 Å². The third-order valence-corrected chi connectivity index (χ3v) is 5.45. The van der Waals surface area contributed by atoms with Crippen LogP contribution in [0, 0.1) is 5.82 Å². The van der Waals surface area contributed by atoms with Gasteiger partial charge in [0.05, 0.1) is 5.69 Å². The number of aromatic nitrogens is 1. The first-order valence-electron chi connectivity index (χ1n) is 10.5. The average molecular weight is 454 g/mol. The first-order chi connectivity index (χ1) is 16.5. The number of hydrogen-bond donors (Lipinski definition) is 2. The summed E-state index contributed by atoms with van der Waals surface area (Å²) >= 11 is 0. The summed E-state index contributed by atoms with van der Waals surface area (Å²) < 4.78 is 15.1. The maximum atomic E-state index is 13.4. The minimum atomic E-state index is -0.505. The van der Waals surface area contributed by atoms with E-state index in [1.807, 2.05) is 30.3 Å². The van der Waals surface area contributed by atoms with Crippen LogP contribution >= 0.6 is 0 Å². The van der Waals surface area contributed by atoms with Crippen molar-refractivity contribution in [3.63, 3.8) is 0 Å². The molecule has 1 fully saturated rings. The molecule has 5 rings (SSSR count). The largest absolute Gasteiger partial charge is 0.337 e. The zero-order valence-electron chi connectivity index (χ0n) is 17.9. The second kappa shape index (κ2) is 8.67. The average Bonchev–Trinajstić information content (AvgIpc) is 3.32. The number of amides is 3. The summed E-state index contributed by atoms with van der Waals surface area (Å²) in [6.45, 7) is -0.0313. The van der Waals surface area contributed by atoms with Gasteiger partial charge in [0, 0.05) is 28.4 Å². The Kier molecular flexibility index (Phi) is 5.39. The van der Waals surface area contributed by atoms with Crippen LogP contribution in [0.15, 0.2) is 90.6 Å². The zero-order valence-corrected chi connectivity index (χ0v) is 17.9. The molecule has 0 saturated carbocycles. The van der Waals surface area contributed by atoms with Crippen molar-refractivity contribution in [2.45, 2.75) is 6.54 Å². The molecule has 0 radical (unpaired) electrons. The molecule has 0 bridgehead atoms. The number of benzene rings is 3. The van der Waals surface area contributed by atoms with E-state index in [-0.39, 0.29) is 18.0 Å². The number of hydrogen-bond acceptors (Lipinski definition) is 3. The zero-order chi connectivity index (χ0) is 23.7. The molecule has 0 aliphatic carbocycles. The lowest BCUT2D eigenvalue weighted by atomic mass is 10.1. The van der Waals surface area contributed by atoms with Crippen LogP contribution in [0.25, 0.3) is 17.0 Å². The van der Waals surface area contributed by atoms with Gasteiger partial charge in [-0.25, -0.2) is 9.40 Å². The molecule has 0 unspecified atom stereocenters. The molecule has 168 valence electrons. The Hall–Kier alpha value is -4.72. The second-order valence-corrected chi connectivity index (χ2v) is 7.76. The molecule has 8 heteroatoms. The number of para-hydroxylation sites is 2. The predicted molar refractivity (Wildman–Crippen MR) is 127 cm³/mol. The molecule has 3 amide bonds. The summed E-state index contributed by atoms with van der Waals surface area (Å²) in [4.78, 5) is 38.1. The van der Waals surface area contributed by atoms with E-state index < -0.39 is 17.6 Å². The van der Waals surface area contributed by atoms with Crippen LogP contribution in [0.5, 0.6) is 0 Å². The highest BCUT2D eigenvalue weighted by Gasteiger charge is 2.34. The van der Waals surface area contributed by atoms with Gasteiger partial charge in [0.2, 0.25) is 5.91 Å². The lowest BCUT2D eigenvalue weighted by Gasteiger charge is -2.13. The summed E-state index contributed by atoms with van der Waals surface area (Å²) in [7, 11) is 0. The standard InChI is InChI=1S/C26H19FN4O3/c27-18-7-6-8-19(14-18)28-24(32)16-30-15-17(21-11-4-5-12-23(21)30)13-22-25(33)29-31(26(22)34)20-9-2-1-3-10-20/h1-15H,16H2,(H,28,32)(H,29,33). The number of halogens is 1. The molecule has 7 nitrogen and oxygen atoms in total. The number of carbonyl (C=O) groups excluding carboxylic acids is 3. The van der Waals surface area contributed by atoms with Gasteiger partial charge in [-0.05, 0) is 42.5 Å². The van der Waals surface area contributed by atoms with E-state index in [9.17, 15) is 18.8 Å². The van der Waals surface area contributed by atoms with Crippen LogP contribution in [-0.2, 0) is 20.9 Å². The van der Waals surface area contributed by atoms with Crippen molar-refractivity contribution in [2.24, 2.45) is 0 Å². The second-order valence-electron chi connectivity index (χ2n) is 7.76. The van der Waals surface area contributed by atoms with Crippen LogP contribution in [-0.4, -0.2) is 22.3 Å². The van der Waals surface area contributed by atoms with E-state index >= 15 is 0 Å². The van der Waals surface area contributed by atoms with Gasteiger partial charge >= 0.3 is 0 Å². The highest BCUT2D eigenvalue weighted by Crippen LogP contribution is 2.26.